The maximum Gasteiger partial charge on any atom is 0.348 e. The Hall–Kier alpha value is -3.41. The molecule has 3 aromatic rings. The standard InChI is InChI=1S/C18H14N2O4/c1-11(21)20-13-8-6-12(7-9-13)19-10-15-17(22)14-4-2-3-5-16(14)24-18(15)23/h2-10,22H,1H3,(H,20,21). The molecule has 24 heavy (non-hydrogen) atoms. The Labute approximate surface area is 137 Å². The summed E-state index contributed by atoms with van der Waals surface area (Å²) in [5.74, 6) is -0.328. The van der Waals surface area contributed by atoms with Crippen molar-refractivity contribution in [2.24, 2.45) is 4.99 Å². The molecule has 1 amide bonds. The van der Waals surface area contributed by atoms with Crippen molar-refractivity contribution >= 4 is 34.5 Å². The van der Waals surface area contributed by atoms with Gasteiger partial charge in [-0.15, -0.1) is 0 Å². The van der Waals surface area contributed by atoms with Crippen LogP contribution in [0.3, 0.4) is 0 Å². The number of nitrogens with one attached hydrogen (secondary N) is 1. The zero-order chi connectivity index (χ0) is 17.1. The van der Waals surface area contributed by atoms with E-state index in [4.69, 9.17) is 4.42 Å². The van der Waals surface area contributed by atoms with Crippen LogP contribution in [-0.4, -0.2) is 17.2 Å². The molecule has 0 spiro atoms. The summed E-state index contributed by atoms with van der Waals surface area (Å²) < 4.78 is 5.17. The highest BCUT2D eigenvalue weighted by atomic mass is 16.4. The lowest BCUT2D eigenvalue weighted by molar-refractivity contribution is -0.114. The van der Waals surface area contributed by atoms with E-state index < -0.39 is 5.63 Å². The molecule has 3 rings (SSSR count). The third kappa shape index (κ3) is 3.17. The van der Waals surface area contributed by atoms with Gasteiger partial charge in [0.05, 0.1) is 11.1 Å². The molecule has 1 aromatic heterocycles. The summed E-state index contributed by atoms with van der Waals surface area (Å²) >= 11 is 0. The van der Waals surface area contributed by atoms with Crippen LogP contribution in [0.1, 0.15) is 12.5 Å². The van der Waals surface area contributed by atoms with Crippen LogP contribution in [0.4, 0.5) is 11.4 Å². The van der Waals surface area contributed by atoms with Crippen molar-refractivity contribution in [2.45, 2.75) is 6.92 Å². The van der Waals surface area contributed by atoms with Crippen molar-refractivity contribution in [1.82, 2.24) is 0 Å². The SMILES string of the molecule is CC(=O)Nc1ccc(N=Cc2c(O)c3ccccc3oc2=O)cc1. The Balaban J connectivity index is 1.93. The highest BCUT2D eigenvalue weighted by Gasteiger charge is 2.11. The van der Waals surface area contributed by atoms with Gasteiger partial charge in [-0.1, -0.05) is 12.1 Å². The molecule has 1 heterocycles. The first kappa shape index (κ1) is 15.5. The normalized spacial score (nSPS) is 11.0. The largest absolute Gasteiger partial charge is 0.506 e. The Morgan fingerprint density at radius 2 is 1.88 bits per heavy atom. The lowest BCUT2D eigenvalue weighted by Crippen LogP contribution is -2.07. The number of benzene rings is 2. The summed E-state index contributed by atoms with van der Waals surface area (Å²) in [6.07, 6.45) is 1.26. The first-order valence-corrected chi connectivity index (χ1v) is 7.21. The van der Waals surface area contributed by atoms with Crippen LogP contribution in [0.2, 0.25) is 0 Å². The fourth-order valence-electron chi connectivity index (χ4n) is 2.23. The summed E-state index contributed by atoms with van der Waals surface area (Å²) in [6.45, 7) is 1.42. The number of rotatable bonds is 3. The lowest BCUT2D eigenvalue weighted by atomic mass is 10.1. The molecular formula is C18H14N2O4. The Morgan fingerprint density at radius 3 is 2.58 bits per heavy atom. The van der Waals surface area contributed by atoms with E-state index in [0.29, 0.717) is 22.3 Å². The third-order valence-corrected chi connectivity index (χ3v) is 3.35. The summed E-state index contributed by atoms with van der Waals surface area (Å²) in [5.41, 5.74) is 0.854. The molecule has 0 unspecified atom stereocenters. The maximum atomic E-state index is 12.0. The number of aromatic hydroxyl groups is 1. The minimum Gasteiger partial charge on any atom is -0.506 e. The summed E-state index contributed by atoms with van der Waals surface area (Å²) in [7, 11) is 0. The van der Waals surface area contributed by atoms with E-state index in [1.165, 1.54) is 13.1 Å². The van der Waals surface area contributed by atoms with E-state index in [-0.39, 0.29) is 17.2 Å². The number of amides is 1. The highest BCUT2D eigenvalue weighted by molar-refractivity contribution is 5.94. The van der Waals surface area contributed by atoms with Crippen molar-refractivity contribution in [3.8, 4) is 5.75 Å². The van der Waals surface area contributed by atoms with Crippen LogP contribution < -0.4 is 10.9 Å². The number of carbonyl (C=O) groups excluding carboxylic acids is 1. The van der Waals surface area contributed by atoms with E-state index in [1.807, 2.05) is 0 Å². The van der Waals surface area contributed by atoms with Crippen LogP contribution in [-0.2, 0) is 4.79 Å². The zero-order valence-electron chi connectivity index (χ0n) is 12.8. The van der Waals surface area contributed by atoms with Gasteiger partial charge in [-0.05, 0) is 36.4 Å². The van der Waals surface area contributed by atoms with Crippen molar-refractivity contribution in [3.63, 3.8) is 0 Å². The molecular weight excluding hydrogens is 308 g/mol. The average Bonchev–Trinajstić information content (AvgIpc) is 2.55. The van der Waals surface area contributed by atoms with Crippen LogP contribution in [0.25, 0.3) is 11.0 Å². The molecule has 0 fully saturated rings. The summed E-state index contributed by atoms with van der Waals surface area (Å²) in [4.78, 5) is 27.1. The molecule has 0 atom stereocenters. The van der Waals surface area contributed by atoms with Gasteiger partial charge < -0.3 is 14.8 Å². The van der Waals surface area contributed by atoms with E-state index in [2.05, 4.69) is 10.3 Å². The monoisotopic (exact) mass is 322 g/mol. The molecule has 0 aliphatic heterocycles. The molecule has 2 N–H and O–H groups in total. The second kappa shape index (κ2) is 6.37. The molecule has 2 aromatic carbocycles. The van der Waals surface area contributed by atoms with Crippen molar-refractivity contribution in [2.75, 3.05) is 5.32 Å². The summed E-state index contributed by atoms with van der Waals surface area (Å²) in [5, 5.41) is 13.3. The van der Waals surface area contributed by atoms with E-state index in [0.717, 1.165) is 0 Å². The minimum absolute atomic E-state index is 0.0142. The second-order valence-electron chi connectivity index (χ2n) is 5.13. The number of fused-ring (bicyclic) bond motifs is 1. The van der Waals surface area contributed by atoms with Crippen molar-refractivity contribution in [1.29, 1.82) is 0 Å². The number of carbonyl (C=O) groups is 1. The van der Waals surface area contributed by atoms with Gasteiger partial charge in [0.15, 0.2) is 0 Å². The van der Waals surface area contributed by atoms with Crippen molar-refractivity contribution in [3.05, 3.63) is 64.5 Å². The number of para-hydroxylation sites is 1. The average molecular weight is 322 g/mol. The molecule has 0 saturated heterocycles. The second-order valence-corrected chi connectivity index (χ2v) is 5.13. The zero-order valence-corrected chi connectivity index (χ0v) is 12.8. The Kier molecular flexibility index (Phi) is 4.11. The highest BCUT2D eigenvalue weighted by Crippen LogP contribution is 2.25. The van der Waals surface area contributed by atoms with Gasteiger partial charge in [0.25, 0.3) is 0 Å². The molecule has 0 bridgehead atoms. The van der Waals surface area contributed by atoms with Gasteiger partial charge in [-0.2, -0.15) is 0 Å². The van der Waals surface area contributed by atoms with Gasteiger partial charge in [-0.3, -0.25) is 9.79 Å². The minimum atomic E-state index is -0.662. The molecule has 0 radical (unpaired) electrons. The molecule has 0 aliphatic rings. The van der Waals surface area contributed by atoms with Crippen LogP contribution in [0.15, 0.2) is 62.7 Å². The number of anilines is 1. The quantitative estimate of drug-likeness (QED) is 0.572. The lowest BCUT2D eigenvalue weighted by Gasteiger charge is -2.03. The van der Waals surface area contributed by atoms with E-state index in [9.17, 15) is 14.7 Å². The van der Waals surface area contributed by atoms with Crippen LogP contribution in [0, 0.1) is 0 Å². The Morgan fingerprint density at radius 1 is 1.17 bits per heavy atom. The van der Waals surface area contributed by atoms with Gasteiger partial charge in [0, 0.05) is 18.8 Å². The van der Waals surface area contributed by atoms with Gasteiger partial charge in [0.2, 0.25) is 5.91 Å². The molecule has 0 aliphatic carbocycles. The summed E-state index contributed by atoms with van der Waals surface area (Å²) in [6, 6.07) is 13.5. The van der Waals surface area contributed by atoms with Crippen LogP contribution >= 0.6 is 0 Å². The fourth-order valence-corrected chi connectivity index (χ4v) is 2.23. The van der Waals surface area contributed by atoms with E-state index >= 15 is 0 Å². The van der Waals surface area contributed by atoms with E-state index in [1.54, 1.807) is 48.5 Å². The van der Waals surface area contributed by atoms with Crippen LogP contribution in [0.5, 0.6) is 5.75 Å². The molecule has 6 nitrogen and oxygen atoms in total. The predicted octanol–water partition coefficient (Wildman–Crippen LogP) is 3.21. The Bertz CT molecular complexity index is 988. The topological polar surface area (TPSA) is 91.9 Å². The number of hydrogen-bond acceptors (Lipinski definition) is 5. The first-order valence-electron chi connectivity index (χ1n) is 7.21. The fraction of sp³-hybridized carbons (Fsp3) is 0.0556. The molecule has 120 valence electrons. The smallest absolute Gasteiger partial charge is 0.348 e. The first-order chi connectivity index (χ1) is 11.5. The van der Waals surface area contributed by atoms with Crippen molar-refractivity contribution < 1.29 is 14.3 Å². The predicted molar refractivity (Wildman–Crippen MR) is 92.1 cm³/mol. The van der Waals surface area contributed by atoms with Gasteiger partial charge in [-0.25, -0.2) is 4.79 Å². The number of nitrogens with zero attached hydrogens (tertiary/aromatic N) is 1. The van der Waals surface area contributed by atoms with Gasteiger partial charge in [0.1, 0.15) is 16.9 Å². The molecule has 0 saturated carbocycles. The molecule has 6 heteroatoms. The number of aliphatic imine (C=N–C) groups is 1. The number of hydrogen-bond donors (Lipinski definition) is 2. The van der Waals surface area contributed by atoms with Gasteiger partial charge >= 0.3 is 5.63 Å². The third-order valence-electron chi connectivity index (χ3n) is 3.35. The maximum absolute atomic E-state index is 12.0.